The van der Waals surface area contributed by atoms with Crippen molar-refractivity contribution < 1.29 is 9.90 Å². The summed E-state index contributed by atoms with van der Waals surface area (Å²) < 4.78 is 0. The molecule has 0 radical (unpaired) electrons. The highest BCUT2D eigenvalue weighted by Gasteiger charge is 2.13. The van der Waals surface area contributed by atoms with Gasteiger partial charge in [0.15, 0.2) is 5.13 Å². The van der Waals surface area contributed by atoms with E-state index in [1.165, 1.54) is 0 Å². The predicted octanol–water partition coefficient (Wildman–Crippen LogP) is 4.07. The van der Waals surface area contributed by atoms with Gasteiger partial charge in [-0.1, -0.05) is 40.6 Å². The highest BCUT2D eigenvalue weighted by Crippen LogP contribution is 2.25. The van der Waals surface area contributed by atoms with Crippen molar-refractivity contribution in [2.45, 2.75) is 13.5 Å². The largest absolute Gasteiger partial charge is 0.477 e. The van der Waals surface area contributed by atoms with E-state index in [0.717, 1.165) is 16.9 Å². The molecule has 0 spiro atoms. The van der Waals surface area contributed by atoms with Crippen LogP contribution < -0.4 is 5.32 Å². The number of thiazole rings is 1. The first-order valence-electron chi connectivity index (χ1n) is 5.36. The van der Waals surface area contributed by atoms with Crippen LogP contribution in [0, 0.1) is 6.92 Å². The van der Waals surface area contributed by atoms with Crippen molar-refractivity contribution in [3.8, 4) is 0 Å². The van der Waals surface area contributed by atoms with E-state index in [4.69, 9.17) is 28.3 Å². The average molecular weight is 317 g/mol. The van der Waals surface area contributed by atoms with Crippen LogP contribution in [0.4, 0.5) is 5.13 Å². The fourth-order valence-electron chi connectivity index (χ4n) is 1.50. The summed E-state index contributed by atoms with van der Waals surface area (Å²) >= 11 is 12.9. The molecule has 4 nitrogen and oxygen atoms in total. The molecule has 0 atom stereocenters. The molecule has 2 aromatic rings. The number of hydrogen-bond donors (Lipinski definition) is 2. The molecule has 2 rings (SSSR count). The number of hydrogen-bond acceptors (Lipinski definition) is 4. The van der Waals surface area contributed by atoms with E-state index in [-0.39, 0.29) is 4.88 Å². The molecular formula is C12H10Cl2N2O2S. The Balaban J connectivity index is 2.08. The van der Waals surface area contributed by atoms with Crippen molar-refractivity contribution in [2.75, 3.05) is 5.32 Å². The molecule has 0 aliphatic heterocycles. The van der Waals surface area contributed by atoms with Gasteiger partial charge in [0.1, 0.15) is 4.88 Å². The number of aromatic carboxylic acids is 1. The number of aromatic nitrogens is 1. The second-order valence-electron chi connectivity index (χ2n) is 3.84. The van der Waals surface area contributed by atoms with E-state index >= 15 is 0 Å². The summed E-state index contributed by atoms with van der Waals surface area (Å²) in [6.45, 7) is 2.17. The van der Waals surface area contributed by atoms with Crippen molar-refractivity contribution in [1.82, 2.24) is 4.98 Å². The van der Waals surface area contributed by atoms with Crippen molar-refractivity contribution in [3.63, 3.8) is 0 Å². The van der Waals surface area contributed by atoms with Gasteiger partial charge in [-0.25, -0.2) is 9.78 Å². The van der Waals surface area contributed by atoms with Crippen LogP contribution >= 0.6 is 34.5 Å². The zero-order valence-corrected chi connectivity index (χ0v) is 12.2. The van der Waals surface area contributed by atoms with Crippen LogP contribution in [0.15, 0.2) is 18.2 Å². The van der Waals surface area contributed by atoms with Gasteiger partial charge in [0, 0.05) is 6.54 Å². The Hall–Kier alpha value is -1.30. The number of halogens is 2. The summed E-state index contributed by atoms with van der Waals surface area (Å²) in [4.78, 5) is 15.3. The maximum absolute atomic E-state index is 10.9. The fraction of sp³-hybridized carbons (Fsp3) is 0.167. The van der Waals surface area contributed by atoms with E-state index in [9.17, 15) is 4.79 Å². The van der Waals surface area contributed by atoms with Crippen molar-refractivity contribution in [3.05, 3.63) is 44.4 Å². The number of aryl methyl sites for hydroxylation is 1. The Kier molecular flexibility index (Phi) is 4.29. The third kappa shape index (κ3) is 3.37. The smallest absolute Gasteiger partial charge is 0.347 e. The zero-order chi connectivity index (χ0) is 14.0. The normalized spacial score (nSPS) is 10.5. The van der Waals surface area contributed by atoms with Gasteiger partial charge in [0.2, 0.25) is 0 Å². The van der Waals surface area contributed by atoms with Crippen LogP contribution in [-0.2, 0) is 6.54 Å². The quantitative estimate of drug-likeness (QED) is 0.892. The standard InChI is InChI=1S/C12H10Cl2N2O2S/c1-6-10(11(17)18)19-12(16-6)15-5-7-2-3-8(13)9(14)4-7/h2-4H,5H2,1H3,(H,15,16)(H,17,18). The molecule has 100 valence electrons. The lowest BCUT2D eigenvalue weighted by Gasteiger charge is -2.04. The van der Waals surface area contributed by atoms with Gasteiger partial charge < -0.3 is 10.4 Å². The second kappa shape index (κ2) is 5.77. The zero-order valence-electron chi connectivity index (χ0n) is 9.91. The molecule has 0 unspecified atom stereocenters. The highest BCUT2D eigenvalue weighted by molar-refractivity contribution is 7.17. The first kappa shape index (κ1) is 14.1. The number of carboxylic acids is 1. The van der Waals surface area contributed by atoms with Gasteiger partial charge in [-0.2, -0.15) is 0 Å². The topological polar surface area (TPSA) is 62.2 Å². The van der Waals surface area contributed by atoms with Gasteiger partial charge in [-0.15, -0.1) is 0 Å². The summed E-state index contributed by atoms with van der Waals surface area (Å²) in [5.41, 5.74) is 1.45. The third-order valence-electron chi connectivity index (χ3n) is 2.42. The van der Waals surface area contributed by atoms with Crippen LogP contribution in [0.5, 0.6) is 0 Å². The Labute approximate surface area is 124 Å². The number of carboxylic acid groups (broad SMARTS) is 1. The van der Waals surface area contributed by atoms with Gasteiger partial charge in [0.25, 0.3) is 0 Å². The molecule has 0 bridgehead atoms. The minimum Gasteiger partial charge on any atom is -0.477 e. The maximum Gasteiger partial charge on any atom is 0.347 e. The Morgan fingerprint density at radius 1 is 1.42 bits per heavy atom. The summed E-state index contributed by atoms with van der Waals surface area (Å²) in [5.74, 6) is -0.961. The molecule has 0 aliphatic rings. The van der Waals surface area contributed by atoms with Crippen LogP contribution in [0.1, 0.15) is 20.9 Å². The van der Waals surface area contributed by atoms with Crippen molar-refractivity contribution in [1.29, 1.82) is 0 Å². The molecule has 0 aliphatic carbocycles. The van der Waals surface area contributed by atoms with Gasteiger partial charge in [-0.3, -0.25) is 0 Å². The molecule has 0 saturated carbocycles. The summed E-state index contributed by atoms with van der Waals surface area (Å²) in [5, 5.41) is 13.6. The lowest BCUT2D eigenvalue weighted by Crippen LogP contribution is -1.98. The van der Waals surface area contributed by atoms with Crippen molar-refractivity contribution in [2.24, 2.45) is 0 Å². The van der Waals surface area contributed by atoms with E-state index < -0.39 is 5.97 Å². The van der Waals surface area contributed by atoms with Gasteiger partial charge in [-0.05, 0) is 24.6 Å². The predicted molar refractivity (Wildman–Crippen MR) is 77.6 cm³/mol. The summed E-state index contributed by atoms with van der Waals surface area (Å²) in [6, 6.07) is 5.33. The minimum absolute atomic E-state index is 0.247. The van der Waals surface area contributed by atoms with Gasteiger partial charge in [0.05, 0.1) is 15.7 Å². The van der Waals surface area contributed by atoms with E-state index in [1.54, 1.807) is 19.1 Å². The second-order valence-corrected chi connectivity index (χ2v) is 5.65. The molecule has 1 heterocycles. The monoisotopic (exact) mass is 316 g/mol. The third-order valence-corrected chi connectivity index (χ3v) is 4.26. The summed E-state index contributed by atoms with van der Waals surface area (Å²) in [7, 11) is 0. The molecule has 1 aromatic carbocycles. The maximum atomic E-state index is 10.9. The molecule has 0 amide bonds. The molecular weight excluding hydrogens is 307 g/mol. The van der Waals surface area contributed by atoms with Gasteiger partial charge >= 0.3 is 5.97 Å². The SMILES string of the molecule is Cc1nc(NCc2ccc(Cl)c(Cl)c2)sc1C(=O)O. The van der Waals surface area contributed by atoms with Crippen LogP contribution in [0.2, 0.25) is 10.0 Å². The first-order chi connectivity index (χ1) is 8.97. The first-order valence-corrected chi connectivity index (χ1v) is 6.93. The van der Waals surface area contributed by atoms with Crippen LogP contribution in [0.3, 0.4) is 0 Å². The summed E-state index contributed by atoms with van der Waals surface area (Å²) in [6.07, 6.45) is 0. The molecule has 7 heteroatoms. The molecule has 2 N–H and O–H groups in total. The van der Waals surface area contributed by atoms with Crippen LogP contribution in [-0.4, -0.2) is 16.1 Å². The molecule has 19 heavy (non-hydrogen) atoms. The minimum atomic E-state index is -0.961. The van der Waals surface area contributed by atoms with Crippen molar-refractivity contribution >= 4 is 45.6 Å². The highest BCUT2D eigenvalue weighted by atomic mass is 35.5. The Bertz CT molecular complexity index is 628. The molecule has 1 aromatic heterocycles. The Morgan fingerprint density at radius 2 is 2.16 bits per heavy atom. The van der Waals surface area contributed by atoms with E-state index in [1.807, 2.05) is 6.07 Å². The number of rotatable bonds is 4. The Morgan fingerprint density at radius 3 is 2.74 bits per heavy atom. The number of nitrogens with one attached hydrogen (secondary N) is 1. The fourth-order valence-corrected chi connectivity index (χ4v) is 2.62. The molecule has 0 saturated heterocycles. The molecule has 0 fully saturated rings. The number of benzene rings is 1. The number of anilines is 1. The van der Waals surface area contributed by atoms with E-state index in [0.29, 0.717) is 27.4 Å². The lowest BCUT2D eigenvalue weighted by molar-refractivity contribution is 0.0701. The lowest BCUT2D eigenvalue weighted by atomic mass is 10.2. The number of nitrogens with zero attached hydrogens (tertiary/aromatic N) is 1. The number of carbonyl (C=O) groups is 1. The van der Waals surface area contributed by atoms with E-state index in [2.05, 4.69) is 10.3 Å². The average Bonchev–Trinajstić information content (AvgIpc) is 2.72. The van der Waals surface area contributed by atoms with Crippen LogP contribution in [0.25, 0.3) is 0 Å².